The predicted octanol–water partition coefficient (Wildman–Crippen LogP) is 3.62. The van der Waals surface area contributed by atoms with Crippen molar-refractivity contribution in [2.24, 2.45) is 0 Å². The average Bonchev–Trinajstić information content (AvgIpc) is 3.07. The Balaban J connectivity index is 1.57. The third-order valence-electron chi connectivity index (χ3n) is 3.67. The van der Waals surface area contributed by atoms with Gasteiger partial charge >= 0.3 is 0 Å². The third-order valence-corrected chi connectivity index (χ3v) is 4.57. The second-order valence-corrected chi connectivity index (χ2v) is 6.78. The Hall–Kier alpha value is -2.99. The van der Waals surface area contributed by atoms with Crippen molar-refractivity contribution in [1.82, 2.24) is 10.3 Å². The van der Waals surface area contributed by atoms with Crippen molar-refractivity contribution in [1.29, 1.82) is 0 Å². The van der Waals surface area contributed by atoms with E-state index >= 15 is 0 Å². The van der Waals surface area contributed by atoms with E-state index in [2.05, 4.69) is 27.8 Å². The zero-order chi connectivity index (χ0) is 18.4. The maximum absolute atomic E-state index is 12.3. The van der Waals surface area contributed by atoms with Crippen LogP contribution < -0.4 is 10.6 Å². The fourth-order valence-corrected chi connectivity index (χ4v) is 3.32. The van der Waals surface area contributed by atoms with Crippen LogP contribution in [0.4, 0.5) is 5.69 Å². The van der Waals surface area contributed by atoms with Crippen LogP contribution in [0.1, 0.15) is 33.5 Å². The van der Waals surface area contributed by atoms with Crippen LogP contribution in [-0.2, 0) is 17.8 Å². The summed E-state index contributed by atoms with van der Waals surface area (Å²) >= 11 is 1.59. The fraction of sp³-hybridized carbons (Fsp3) is 0.150. The molecule has 0 aliphatic carbocycles. The molecular formula is C20H19N3O2S. The first-order valence-corrected chi connectivity index (χ1v) is 9.11. The van der Waals surface area contributed by atoms with Crippen molar-refractivity contribution in [3.05, 3.63) is 81.8 Å². The van der Waals surface area contributed by atoms with Gasteiger partial charge in [0.1, 0.15) is 0 Å². The van der Waals surface area contributed by atoms with Crippen LogP contribution in [-0.4, -0.2) is 16.8 Å². The van der Waals surface area contributed by atoms with Gasteiger partial charge in [0.05, 0.1) is 17.2 Å². The summed E-state index contributed by atoms with van der Waals surface area (Å²) in [4.78, 5) is 28.0. The lowest BCUT2D eigenvalue weighted by Crippen LogP contribution is -2.23. The van der Waals surface area contributed by atoms with Crippen LogP contribution in [0.3, 0.4) is 0 Å². The number of aromatic nitrogens is 1. The molecule has 3 aromatic rings. The Morgan fingerprint density at radius 2 is 1.88 bits per heavy atom. The van der Waals surface area contributed by atoms with Gasteiger partial charge < -0.3 is 10.6 Å². The van der Waals surface area contributed by atoms with E-state index in [-0.39, 0.29) is 11.8 Å². The molecule has 6 heteroatoms. The summed E-state index contributed by atoms with van der Waals surface area (Å²) in [6, 6.07) is 17.0. The number of hydrogen-bond donors (Lipinski definition) is 2. The zero-order valence-electron chi connectivity index (χ0n) is 14.4. The number of carbonyl (C=O) groups is 2. The van der Waals surface area contributed by atoms with E-state index in [9.17, 15) is 9.59 Å². The highest BCUT2D eigenvalue weighted by molar-refractivity contribution is 7.09. The zero-order valence-corrected chi connectivity index (χ0v) is 15.2. The normalized spacial score (nSPS) is 10.3. The van der Waals surface area contributed by atoms with Crippen molar-refractivity contribution in [3.63, 3.8) is 0 Å². The van der Waals surface area contributed by atoms with E-state index in [1.807, 2.05) is 23.6 Å². The Bertz CT molecular complexity index is 906. The van der Waals surface area contributed by atoms with Crippen LogP contribution in [0.5, 0.6) is 0 Å². The summed E-state index contributed by atoms with van der Waals surface area (Å²) in [5.41, 5.74) is 3.15. The second kappa shape index (κ2) is 8.40. The van der Waals surface area contributed by atoms with Crippen LogP contribution in [0.15, 0.2) is 60.0 Å². The molecule has 5 nitrogen and oxygen atoms in total. The monoisotopic (exact) mass is 365 g/mol. The Morgan fingerprint density at radius 1 is 1.08 bits per heavy atom. The SMILES string of the molecule is CC(=O)Nc1cccc(C(=O)NCc2csc(Cc3ccccc3)n2)c1. The minimum Gasteiger partial charge on any atom is -0.346 e. The first kappa shape index (κ1) is 17.8. The molecule has 1 aromatic heterocycles. The quantitative estimate of drug-likeness (QED) is 0.701. The van der Waals surface area contributed by atoms with Crippen LogP contribution >= 0.6 is 11.3 Å². The fourth-order valence-electron chi connectivity index (χ4n) is 2.50. The summed E-state index contributed by atoms with van der Waals surface area (Å²) < 4.78 is 0. The van der Waals surface area contributed by atoms with E-state index < -0.39 is 0 Å². The molecule has 0 spiro atoms. The molecule has 2 N–H and O–H groups in total. The van der Waals surface area contributed by atoms with Crippen molar-refractivity contribution in [2.45, 2.75) is 19.9 Å². The number of nitrogens with one attached hydrogen (secondary N) is 2. The third kappa shape index (κ3) is 5.00. The molecule has 0 saturated carbocycles. The molecule has 26 heavy (non-hydrogen) atoms. The summed E-state index contributed by atoms with van der Waals surface area (Å²) in [7, 11) is 0. The van der Waals surface area contributed by atoms with Crippen LogP contribution in [0, 0.1) is 0 Å². The van der Waals surface area contributed by atoms with Gasteiger partial charge in [0.15, 0.2) is 0 Å². The van der Waals surface area contributed by atoms with Crippen molar-refractivity contribution >= 4 is 28.8 Å². The lowest BCUT2D eigenvalue weighted by molar-refractivity contribution is -0.114. The molecule has 3 rings (SSSR count). The lowest BCUT2D eigenvalue weighted by Gasteiger charge is -2.06. The number of carbonyl (C=O) groups excluding carboxylic acids is 2. The minimum atomic E-state index is -0.199. The van der Waals surface area contributed by atoms with Gasteiger partial charge in [-0.3, -0.25) is 9.59 Å². The number of amides is 2. The molecule has 2 amide bonds. The summed E-state index contributed by atoms with van der Waals surface area (Å²) in [5.74, 6) is -0.370. The first-order valence-electron chi connectivity index (χ1n) is 8.23. The summed E-state index contributed by atoms with van der Waals surface area (Å²) in [5, 5.41) is 8.52. The first-order chi connectivity index (χ1) is 12.6. The molecule has 132 valence electrons. The molecule has 0 radical (unpaired) electrons. The number of hydrogen-bond acceptors (Lipinski definition) is 4. The van der Waals surface area contributed by atoms with Gasteiger partial charge in [-0.2, -0.15) is 0 Å². The highest BCUT2D eigenvalue weighted by Crippen LogP contribution is 2.15. The van der Waals surface area contributed by atoms with Gasteiger partial charge in [-0.15, -0.1) is 11.3 Å². The van der Waals surface area contributed by atoms with Crippen LogP contribution in [0.2, 0.25) is 0 Å². The highest BCUT2D eigenvalue weighted by atomic mass is 32.1. The largest absolute Gasteiger partial charge is 0.346 e. The van der Waals surface area contributed by atoms with Crippen LogP contribution in [0.25, 0.3) is 0 Å². The molecule has 0 aliphatic heterocycles. The molecule has 2 aromatic carbocycles. The van der Waals surface area contributed by atoms with Gasteiger partial charge in [0.2, 0.25) is 5.91 Å². The summed E-state index contributed by atoms with van der Waals surface area (Å²) in [6.45, 7) is 1.80. The molecular weight excluding hydrogens is 346 g/mol. The number of rotatable bonds is 6. The maximum Gasteiger partial charge on any atom is 0.251 e. The standard InChI is InChI=1S/C20H19N3O2S/c1-14(24)22-17-9-5-8-16(11-17)20(25)21-12-18-13-26-19(23-18)10-15-6-3-2-4-7-15/h2-9,11,13H,10,12H2,1H3,(H,21,25)(H,22,24). The smallest absolute Gasteiger partial charge is 0.251 e. The Kier molecular flexibility index (Phi) is 5.76. The highest BCUT2D eigenvalue weighted by Gasteiger charge is 2.09. The molecule has 0 fully saturated rings. The minimum absolute atomic E-state index is 0.170. The van der Waals surface area contributed by atoms with E-state index in [0.29, 0.717) is 17.8 Å². The van der Waals surface area contributed by atoms with Crippen molar-refractivity contribution in [3.8, 4) is 0 Å². The molecule has 0 saturated heterocycles. The van der Waals surface area contributed by atoms with E-state index in [0.717, 1.165) is 17.1 Å². The second-order valence-electron chi connectivity index (χ2n) is 5.84. The number of benzene rings is 2. The molecule has 0 aliphatic rings. The average molecular weight is 365 g/mol. The number of thiazole rings is 1. The predicted molar refractivity (Wildman–Crippen MR) is 103 cm³/mol. The van der Waals surface area contributed by atoms with Gasteiger partial charge in [-0.25, -0.2) is 4.98 Å². The van der Waals surface area contributed by atoms with E-state index in [1.54, 1.807) is 35.6 Å². The van der Waals surface area contributed by atoms with Gasteiger partial charge in [-0.05, 0) is 23.8 Å². The van der Waals surface area contributed by atoms with Crippen molar-refractivity contribution < 1.29 is 9.59 Å². The summed E-state index contributed by atoms with van der Waals surface area (Å²) in [6.07, 6.45) is 0.790. The maximum atomic E-state index is 12.3. The lowest BCUT2D eigenvalue weighted by atomic mass is 10.2. The van der Waals surface area contributed by atoms with Crippen molar-refractivity contribution in [2.75, 3.05) is 5.32 Å². The van der Waals surface area contributed by atoms with Gasteiger partial charge in [0, 0.05) is 30.0 Å². The van der Waals surface area contributed by atoms with Gasteiger partial charge in [-0.1, -0.05) is 36.4 Å². The van der Waals surface area contributed by atoms with E-state index in [1.165, 1.54) is 12.5 Å². The molecule has 0 atom stereocenters. The molecule has 0 bridgehead atoms. The van der Waals surface area contributed by atoms with E-state index in [4.69, 9.17) is 0 Å². The topological polar surface area (TPSA) is 71.1 Å². The van der Waals surface area contributed by atoms with Gasteiger partial charge in [0.25, 0.3) is 5.91 Å². The molecule has 1 heterocycles. The molecule has 0 unspecified atom stereocenters. The number of nitrogens with zero attached hydrogens (tertiary/aromatic N) is 1. The Labute approximate surface area is 156 Å². The number of anilines is 1. The Morgan fingerprint density at radius 3 is 2.65 bits per heavy atom.